The zero-order valence-corrected chi connectivity index (χ0v) is 15.2. The van der Waals surface area contributed by atoms with Crippen molar-refractivity contribution in [2.24, 2.45) is 0 Å². The van der Waals surface area contributed by atoms with Crippen molar-refractivity contribution in [2.75, 3.05) is 5.32 Å². The van der Waals surface area contributed by atoms with Gasteiger partial charge in [0.15, 0.2) is 0 Å². The summed E-state index contributed by atoms with van der Waals surface area (Å²) < 4.78 is 0.930. The predicted molar refractivity (Wildman–Crippen MR) is 96.2 cm³/mol. The van der Waals surface area contributed by atoms with Crippen LogP contribution in [0.1, 0.15) is 57.4 Å². The van der Waals surface area contributed by atoms with Crippen LogP contribution < -0.4 is 10.6 Å². The van der Waals surface area contributed by atoms with Gasteiger partial charge in [0.1, 0.15) is 0 Å². The average molecular weight is 367 g/mol. The van der Waals surface area contributed by atoms with E-state index in [9.17, 15) is 4.79 Å². The van der Waals surface area contributed by atoms with Gasteiger partial charge in [-0.1, -0.05) is 38.2 Å². The summed E-state index contributed by atoms with van der Waals surface area (Å²) >= 11 is 3.51. The number of carbonyl (C=O) groups excluding carboxylic acids is 1. The quantitative estimate of drug-likeness (QED) is 0.804. The number of halogens is 1. The Bertz CT molecular complexity index is 496. The molecule has 4 heteroatoms. The minimum absolute atomic E-state index is 0.0339. The Morgan fingerprint density at radius 1 is 1.18 bits per heavy atom. The molecular weight excluding hydrogens is 340 g/mol. The van der Waals surface area contributed by atoms with E-state index < -0.39 is 0 Å². The molecule has 3 nitrogen and oxygen atoms in total. The molecule has 0 heterocycles. The highest BCUT2D eigenvalue weighted by molar-refractivity contribution is 9.10. The highest BCUT2D eigenvalue weighted by Gasteiger charge is 2.19. The lowest BCUT2D eigenvalue weighted by molar-refractivity contribution is -0.118. The first-order valence-corrected chi connectivity index (χ1v) is 9.18. The first-order valence-electron chi connectivity index (χ1n) is 8.39. The standard InChI is InChI=1S/C18H27BrN2O/c1-13-10-11-17(16(19)12-13)21-18(22)14(2)20-15-8-6-4-3-5-7-9-15/h10-12,14-15,20H,3-9H2,1-2H3,(H,21,22)/t14-/m0/s1. The van der Waals surface area contributed by atoms with Gasteiger partial charge in [-0.05, 0) is 60.3 Å². The average Bonchev–Trinajstić information content (AvgIpc) is 2.44. The molecule has 0 aliphatic heterocycles. The Hall–Kier alpha value is -0.870. The van der Waals surface area contributed by atoms with E-state index in [1.165, 1.54) is 50.5 Å². The fourth-order valence-electron chi connectivity index (χ4n) is 3.01. The second kappa shape index (κ2) is 8.68. The summed E-state index contributed by atoms with van der Waals surface area (Å²) in [5.41, 5.74) is 2.01. The van der Waals surface area contributed by atoms with E-state index in [1.54, 1.807) is 0 Å². The van der Waals surface area contributed by atoms with E-state index >= 15 is 0 Å². The van der Waals surface area contributed by atoms with Gasteiger partial charge in [0.2, 0.25) is 5.91 Å². The fourth-order valence-corrected chi connectivity index (χ4v) is 3.61. The number of nitrogens with one attached hydrogen (secondary N) is 2. The van der Waals surface area contributed by atoms with Crippen molar-refractivity contribution in [1.29, 1.82) is 0 Å². The Morgan fingerprint density at radius 3 is 2.45 bits per heavy atom. The van der Waals surface area contributed by atoms with Crippen LogP contribution in [0.3, 0.4) is 0 Å². The molecule has 1 aliphatic rings. The van der Waals surface area contributed by atoms with Crippen LogP contribution in [0.15, 0.2) is 22.7 Å². The van der Waals surface area contributed by atoms with Gasteiger partial charge in [-0.25, -0.2) is 0 Å². The summed E-state index contributed by atoms with van der Waals surface area (Å²) in [6.45, 7) is 3.99. The maximum absolute atomic E-state index is 12.4. The summed E-state index contributed by atoms with van der Waals surface area (Å²) in [4.78, 5) is 12.4. The Morgan fingerprint density at radius 2 is 1.82 bits per heavy atom. The maximum Gasteiger partial charge on any atom is 0.241 e. The summed E-state index contributed by atoms with van der Waals surface area (Å²) in [5.74, 6) is 0.0339. The maximum atomic E-state index is 12.4. The van der Waals surface area contributed by atoms with Crippen LogP contribution in [0.2, 0.25) is 0 Å². The third-order valence-electron chi connectivity index (χ3n) is 4.37. The number of benzene rings is 1. The molecule has 1 atom stereocenters. The van der Waals surface area contributed by atoms with Crippen molar-refractivity contribution in [2.45, 2.75) is 70.9 Å². The molecule has 0 unspecified atom stereocenters. The molecule has 2 rings (SSSR count). The van der Waals surface area contributed by atoms with Gasteiger partial charge in [0.25, 0.3) is 0 Å². The highest BCUT2D eigenvalue weighted by atomic mass is 79.9. The van der Waals surface area contributed by atoms with Gasteiger partial charge >= 0.3 is 0 Å². The SMILES string of the molecule is Cc1ccc(NC(=O)[C@H](C)NC2CCCCCCC2)c(Br)c1. The fraction of sp³-hybridized carbons (Fsp3) is 0.611. The highest BCUT2D eigenvalue weighted by Crippen LogP contribution is 2.23. The van der Waals surface area contributed by atoms with Crippen molar-refractivity contribution in [3.05, 3.63) is 28.2 Å². The van der Waals surface area contributed by atoms with Crippen molar-refractivity contribution < 1.29 is 4.79 Å². The monoisotopic (exact) mass is 366 g/mol. The number of hydrogen-bond acceptors (Lipinski definition) is 2. The molecule has 1 aromatic rings. The van der Waals surface area contributed by atoms with E-state index in [0.717, 1.165) is 10.2 Å². The molecule has 1 amide bonds. The Labute approximate surface area is 142 Å². The van der Waals surface area contributed by atoms with Gasteiger partial charge in [0, 0.05) is 10.5 Å². The van der Waals surface area contributed by atoms with Gasteiger partial charge in [-0.3, -0.25) is 4.79 Å². The third kappa shape index (κ3) is 5.40. The molecule has 1 aliphatic carbocycles. The Balaban J connectivity index is 1.88. The van der Waals surface area contributed by atoms with Gasteiger partial charge in [-0.15, -0.1) is 0 Å². The Kier molecular flexibility index (Phi) is 6.90. The summed E-state index contributed by atoms with van der Waals surface area (Å²) in [5, 5.41) is 6.52. The van der Waals surface area contributed by atoms with Crippen LogP contribution in [-0.4, -0.2) is 18.0 Å². The molecule has 0 saturated heterocycles. The lowest BCUT2D eigenvalue weighted by Crippen LogP contribution is -2.44. The van der Waals surface area contributed by atoms with Gasteiger partial charge < -0.3 is 10.6 Å². The number of anilines is 1. The van der Waals surface area contributed by atoms with Crippen LogP contribution in [0.25, 0.3) is 0 Å². The van der Waals surface area contributed by atoms with Crippen LogP contribution in [-0.2, 0) is 4.79 Å². The van der Waals surface area contributed by atoms with Crippen molar-refractivity contribution in [3.63, 3.8) is 0 Å². The van der Waals surface area contributed by atoms with Crippen LogP contribution in [0, 0.1) is 6.92 Å². The normalized spacial score (nSPS) is 18.3. The largest absolute Gasteiger partial charge is 0.324 e. The first kappa shape index (κ1) is 17.5. The molecular formula is C18H27BrN2O. The second-order valence-corrected chi connectivity index (χ2v) is 7.26. The van der Waals surface area contributed by atoms with Crippen molar-refractivity contribution >= 4 is 27.5 Å². The molecule has 122 valence electrons. The van der Waals surface area contributed by atoms with E-state index in [4.69, 9.17) is 0 Å². The molecule has 0 spiro atoms. The summed E-state index contributed by atoms with van der Waals surface area (Å²) in [6, 6.07) is 6.27. The van der Waals surface area contributed by atoms with E-state index in [2.05, 4.69) is 26.6 Å². The molecule has 1 saturated carbocycles. The lowest BCUT2D eigenvalue weighted by atomic mass is 9.96. The molecule has 0 radical (unpaired) electrons. The summed E-state index contributed by atoms with van der Waals surface area (Å²) in [7, 11) is 0. The van der Waals surface area contributed by atoms with Gasteiger partial charge in [-0.2, -0.15) is 0 Å². The van der Waals surface area contributed by atoms with Crippen LogP contribution in [0.5, 0.6) is 0 Å². The topological polar surface area (TPSA) is 41.1 Å². The lowest BCUT2D eigenvalue weighted by Gasteiger charge is -2.24. The van der Waals surface area contributed by atoms with Crippen LogP contribution >= 0.6 is 15.9 Å². The molecule has 1 fully saturated rings. The predicted octanol–water partition coefficient (Wildman–Crippen LogP) is 4.79. The number of rotatable bonds is 4. The second-order valence-electron chi connectivity index (χ2n) is 6.40. The summed E-state index contributed by atoms with van der Waals surface area (Å²) in [6.07, 6.45) is 8.94. The molecule has 0 aromatic heterocycles. The van der Waals surface area contributed by atoms with E-state index in [0.29, 0.717) is 6.04 Å². The molecule has 0 bridgehead atoms. The van der Waals surface area contributed by atoms with Crippen molar-refractivity contribution in [1.82, 2.24) is 5.32 Å². The number of amides is 1. The smallest absolute Gasteiger partial charge is 0.241 e. The molecule has 1 aromatic carbocycles. The van der Waals surface area contributed by atoms with E-state index in [1.807, 2.05) is 32.0 Å². The molecule has 2 N–H and O–H groups in total. The number of hydrogen-bond donors (Lipinski definition) is 2. The minimum atomic E-state index is -0.169. The molecule has 22 heavy (non-hydrogen) atoms. The zero-order valence-electron chi connectivity index (χ0n) is 13.6. The number of aryl methyl sites for hydroxylation is 1. The van der Waals surface area contributed by atoms with Crippen molar-refractivity contribution in [3.8, 4) is 0 Å². The number of carbonyl (C=O) groups is 1. The zero-order chi connectivity index (χ0) is 15.9. The van der Waals surface area contributed by atoms with Gasteiger partial charge in [0.05, 0.1) is 11.7 Å². The van der Waals surface area contributed by atoms with Crippen LogP contribution in [0.4, 0.5) is 5.69 Å². The first-order chi connectivity index (χ1) is 10.6. The minimum Gasteiger partial charge on any atom is -0.324 e. The third-order valence-corrected chi connectivity index (χ3v) is 5.02. The van der Waals surface area contributed by atoms with E-state index in [-0.39, 0.29) is 11.9 Å².